The number of hydrogen-bond donors (Lipinski definition) is 1. The topological polar surface area (TPSA) is 32.3 Å². The van der Waals surface area contributed by atoms with Crippen molar-refractivity contribution in [2.24, 2.45) is 0 Å². The van der Waals surface area contributed by atoms with Crippen molar-refractivity contribution < 1.29 is 18.0 Å². The van der Waals surface area contributed by atoms with Crippen molar-refractivity contribution in [2.45, 2.75) is 44.7 Å². The summed E-state index contributed by atoms with van der Waals surface area (Å²) in [5.74, 6) is 0. The molecule has 1 rings (SSSR count). The minimum atomic E-state index is -4.09. The molecular formula is C11H19F3N2O. The number of nitrogens with one attached hydrogen (secondary N) is 1. The van der Waals surface area contributed by atoms with Crippen molar-refractivity contribution in [3.63, 3.8) is 0 Å². The lowest BCUT2D eigenvalue weighted by Gasteiger charge is -2.26. The highest BCUT2D eigenvalue weighted by atomic mass is 19.4. The van der Waals surface area contributed by atoms with Crippen molar-refractivity contribution >= 4 is 6.03 Å². The number of carbonyl (C=O) groups excluding carboxylic acids is 1. The van der Waals surface area contributed by atoms with E-state index in [4.69, 9.17) is 0 Å². The molecule has 3 nitrogen and oxygen atoms in total. The molecule has 100 valence electrons. The van der Waals surface area contributed by atoms with Gasteiger partial charge in [-0.05, 0) is 32.1 Å². The Labute approximate surface area is 99.4 Å². The fourth-order valence-corrected chi connectivity index (χ4v) is 1.85. The maximum absolute atomic E-state index is 11.8. The van der Waals surface area contributed by atoms with Crippen LogP contribution in [0.25, 0.3) is 0 Å². The van der Waals surface area contributed by atoms with Gasteiger partial charge < -0.3 is 10.2 Å². The zero-order chi connectivity index (χ0) is 12.7. The van der Waals surface area contributed by atoms with Crippen molar-refractivity contribution in [1.29, 1.82) is 0 Å². The second-order valence-electron chi connectivity index (χ2n) is 4.35. The molecule has 0 aromatic rings. The number of likely N-dealkylation sites (tertiary alicyclic amines) is 1. The second-order valence-corrected chi connectivity index (χ2v) is 4.35. The number of urea groups is 1. The maximum atomic E-state index is 11.8. The normalized spacial score (nSPS) is 17.0. The van der Waals surface area contributed by atoms with Crippen LogP contribution in [0.1, 0.15) is 38.5 Å². The monoisotopic (exact) mass is 252 g/mol. The summed E-state index contributed by atoms with van der Waals surface area (Å²) < 4.78 is 35.5. The van der Waals surface area contributed by atoms with Crippen LogP contribution in [0.4, 0.5) is 18.0 Å². The van der Waals surface area contributed by atoms with Crippen LogP contribution in [0.2, 0.25) is 0 Å². The first-order valence-electron chi connectivity index (χ1n) is 6.08. The Bertz CT molecular complexity index is 237. The van der Waals surface area contributed by atoms with Gasteiger partial charge in [-0.3, -0.25) is 0 Å². The highest BCUT2D eigenvalue weighted by Crippen LogP contribution is 2.21. The summed E-state index contributed by atoms with van der Waals surface area (Å²) in [6.07, 6.45) is -1.23. The van der Waals surface area contributed by atoms with E-state index in [9.17, 15) is 18.0 Å². The molecule has 0 aromatic carbocycles. The summed E-state index contributed by atoms with van der Waals surface area (Å²) in [5.41, 5.74) is 0. The molecule has 0 aliphatic carbocycles. The maximum Gasteiger partial charge on any atom is 0.389 e. The average molecular weight is 252 g/mol. The third kappa shape index (κ3) is 6.38. The molecule has 1 saturated heterocycles. The minimum absolute atomic E-state index is 0.0732. The quantitative estimate of drug-likeness (QED) is 0.766. The predicted octanol–water partition coefficient (Wildman–Crippen LogP) is 2.91. The molecule has 0 unspecified atom stereocenters. The Morgan fingerprint density at radius 2 is 1.76 bits per heavy atom. The van der Waals surface area contributed by atoms with E-state index < -0.39 is 12.6 Å². The van der Waals surface area contributed by atoms with Crippen molar-refractivity contribution in [1.82, 2.24) is 10.2 Å². The summed E-state index contributed by atoms with van der Waals surface area (Å²) in [5, 5.41) is 2.66. The molecule has 1 aliphatic rings. The summed E-state index contributed by atoms with van der Waals surface area (Å²) in [7, 11) is 0. The van der Waals surface area contributed by atoms with Gasteiger partial charge in [0.15, 0.2) is 0 Å². The third-order valence-corrected chi connectivity index (χ3v) is 2.81. The minimum Gasteiger partial charge on any atom is -0.338 e. The molecule has 0 atom stereocenters. The molecule has 17 heavy (non-hydrogen) atoms. The molecule has 2 amide bonds. The number of rotatable bonds is 4. The van der Waals surface area contributed by atoms with Crippen LogP contribution >= 0.6 is 0 Å². The summed E-state index contributed by atoms with van der Waals surface area (Å²) in [4.78, 5) is 13.3. The molecule has 0 aromatic heterocycles. The number of alkyl halides is 3. The Morgan fingerprint density at radius 1 is 1.12 bits per heavy atom. The lowest BCUT2D eigenvalue weighted by molar-refractivity contribution is -0.135. The van der Waals surface area contributed by atoms with Crippen molar-refractivity contribution in [3.05, 3.63) is 0 Å². The van der Waals surface area contributed by atoms with Gasteiger partial charge in [-0.2, -0.15) is 13.2 Å². The van der Waals surface area contributed by atoms with E-state index in [0.717, 1.165) is 32.4 Å². The van der Waals surface area contributed by atoms with Gasteiger partial charge in [0, 0.05) is 26.1 Å². The Kier molecular flexibility index (Phi) is 5.58. The molecule has 0 spiro atoms. The molecule has 1 heterocycles. The fraction of sp³-hybridized carbons (Fsp3) is 0.909. The van der Waals surface area contributed by atoms with Gasteiger partial charge in [0.25, 0.3) is 0 Å². The highest BCUT2D eigenvalue weighted by Gasteiger charge is 2.25. The van der Waals surface area contributed by atoms with Gasteiger partial charge >= 0.3 is 12.2 Å². The van der Waals surface area contributed by atoms with Crippen molar-refractivity contribution in [2.75, 3.05) is 19.6 Å². The predicted molar refractivity (Wildman–Crippen MR) is 58.7 cm³/mol. The van der Waals surface area contributed by atoms with Crippen LogP contribution in [0.5, 0.6) is 0 Å². The van der Waals surface area contributed by atoms with Gasteiger partial charge in [-0.15, -0.1) is 0 Å². The zero-order valence-electron chi connectivity index (χ0n) is 9.85. The van der Waals surface area contributed by atoms with Crippen LogP contribution < -0.4 is 5.32 Å². The average Bonchev–Trinajstić information content (AvgIpc) is 2.28. The zero-order valence-corrected chi connectivity index (χ0v) is 9.85. The SMILES string of the molecule is O=C(NCCCCC(F)(F)F)N1CCCCC1. The first-order chi connectivity index (χ1) is 7.99. The molecule has 0 bridgehead atoms. The molecule has 0 radical (unpaired) electrons. The molecule has 1 fully saturated rings. The van der Waals surface area contributed by atoms with E-state index in [1.54, 1.807) is 4.90 Å². The number of halogens is 3. The molecule has 1 N–H and O–H groups in total. The van der Waals surface area contributed by atoms with Crippen LogP contribution in [0.15, 0.2) is 0 Å². The number of nitrogens with zero attached hydrogens (tertiary/aromatic N) is 1. The Morgan fingerprint density at radius 3 is 2.35 bits per heavy atom. The number of hydrogen-bond acceptors (Lipinski definition) is 1. The smallest absolute Gasteiger partial charge is 0.338 e. The third-order valence-electron chi connectivity index (χ3n) is 2.81. The Balaban J connectivity index is 2.04. The molecular weight excluding hydrogens is 233 g/mol. The molecule has 1 aliphatic heterocycles. The lowest BCUT2D eigenvalue weighted by atomic mass is 10.1. The number of carbonyl (C=O) groups is 1. The molecule has 0 saturated carbocycles. The largest absolute Gasteiger partial charge is 0.389 e. The second kappa shape index (κ2) is 6.71. The number of amides is 2. The van der Waals surface area contributed by atoms with E-state index >= 15 is 0 Å². The van der Waals surface area contributed by atoms with E-state index in [1.165, 1.54) is 0 Å². The Hall–Kier alpha value is -0.940. The fourth-order valence-electron chi connectivity index (χ4n) is 1.85. The van der Waals surface area contributed by atoms with Gasteiger partial charge in [-0.25, -0.2) is 4.79 Å². The van der Waals surface area contributed by atoms with E-state index in [0.29, 0.717) is 13.0 Å². The van der Waals surface area contributed by atoms with Gasteiger partial charge in [0.2, 0.25) is 0 Å². The van der Waals surface area contributed by atoms with Crippen LogP contribution in [0.3, 0.4) is 0 Å². The highest BCUT2D eigenvalue weighted by molar-refractivity contribution is 5.74. The van der Waals surface area contributed by atoms with Crippen LogP contribution in [0, 0.1) is 0 Å². The van der Waals surface area contributed by atoms with Crippen LogP contribution in [-0.2, 0) is 0 Å². The van der Waals surface area contributed by atoms with Crippen molar-refractivity contribution in [3.8, 4) is 0 Å². The van der Waals surface area contributed by atoms with Crippen LogP contribution in [-0.4, -0.2) is 36.7 Å². The lowest BCUT2D eigenvalue weighted by Crippen LogP contribution is -2.43. The first-order valence-corrected chi connectivity index (χ1v) is 6.08. The summed E-state index contributed by atoms with van der Waals surface area (Å²) in [6.45, 7) is 1.84. The first kappa shape index (κ1) is 14.1. The van der Waals surface area contributed by atoms with E-state index in [2.05, 4.69) is 5.32 Å². The molecule has 6 heteroatoms. The van der Waals surface area contributed by atoms with Gasteiger partial charge in [0.1, 0.15) is 0 Å². The van der Waals surface area contributed by atoms with Gasteiger partial charge in [-0.1, -0.05) is 0 Å². The van der Waals surface area contributed by atoms with Gasteiger partial charge in [0.05, 0.1) is 0 Å². The van der Waals surface area contributed by atoms with E-state index in [1.807, 2.05) is 0 Å². The number of piperidine rings is 1. The standard InChI is InChI=1S/C11H19F3N2O/c12-11(13,14)6-2-3-7-15-10(17)16-8-4-1-5-9-16/h1-9H2,(H,15,17). The number of unbranched alkanes of at least 4 members (excludes halogenated alkanes) is 1. The summed E-state index contributed by atoms with van der Waals surface area (Å²) >= 11 is 0. The summed E-state index contributed by atoms with van der Waals surface area (Å²) in [6, 6.07) is -0.142. The van der Waals surface area contributed by atoms with E-state index in [-0.39, 0.29) is 12.5 Å².